The number of hydrogen-bond donors (Lipinski definition) is 0. The zero-order valence-corrected chi connectivity index (χ0v) is 18.2. The number of anilines is 2. The zero-order valence-electron chi connectivity index (χ0n) is 18.2. The summed E-state index contributed by atoms with van der Waals surface area (Å²) in [5.41, 5.74) is 1.13. The third-order valence-corrected chi connectivity index (χ3v) is 6.69. The molecule has 2 aromatic carbocycles. The van der Waals surface area contributed by atoms with Gasteiger partial charge in [-0.05, 0) is 68.5 Å². The summed E-state index contributed by atoms with van der Waals surface area (Å²) in [5, 5.41) is 8.88. The molecular formula is C25H19F4N5. The van der Waals surface area contributed by atoms with Gasteiger partial charge in [0.05, 0.1) is 5.52 Å². The van der Waals surface area contributed by atoms with Gasteiger partial charge in [0, 0.05) is 23.2 Å². The summed E-state index contributed by atoms with van der Waals surface area (Å²) in [6.07, 6.45) is -2.78. The molecule has 0 bridgehead atoms. The molecule has 6 rings (SSSR count). The van der Waals surface area contributed by atoms with Crippen LogP contribution in [0.1, 0.15) is 36.2 Å². The molecule has 0 saturated heterocycles. The van der Waals surface area contributed by atoms with E-state index in [2.05, 4.69) is 22.0 Å². The quantitative estimate of drug-likeness (QED) is 0.275. The highest BCUT2D eigenvalue weighted by molar-refractivity contribution is 5.94. The summed E-state index contributed by atoms with van der Waals surface area (Å²) in [4.78, 5) is 6.69. The van der Waals surface area contributed by atoms with E-state index in [-0.39, 0.29) is 18.7 Å². The van der Waals surface area contributed by atoms with Crippen LogP contribution in [-0.4, -0.2) is 32.3 Å². The van der Waals surface area contributed by atoms with Crippen LogP contribution < -0.4 is 4.90 Å². The molecule has 3 heterocycles. The van der Waals surface area contributed by atoms with E-state index in [9.17, 15) is 17.6 Å². The molecule has 0 atom stereocenters. The second kappa shape index (κ2) is 7.16. The first-order valence-corrected chi connectivity index (χ1v) is 11.1. The van der Waals surface area contributed by atoms with Gasteiger partial charge < -0.3 is 4.90 Å². The van der Waals surface area contributed by atoms with E-state index in [1.54, 1.807) is 29.5 Å². The summed E-state index contributed by atoms with van der Waals surface area (Å²) < 4.78 is 56.2. The molecule has 2 aromatic heterocycles. The predicted octanol–water partition coefficient (Wildman–Crippen LogP) is 5.50. The van der Waals surface area contributed by atoms with Crippen molar-refractivity contribution in [2.24, 2.45) is 5.41 Å². The Morgan fingerprint density at radius 3 is 2.68 bits per heavy atom. The van der Waals surface area contributed by atoms with Crippen LogP contribution in [0.5, 0.6) is 0 Å². The summed E-state index contributed by atoms with van der Waals surface area (Å²) in [7, 11) is 0. The molecule has 1 fully saturated rings. The molecule has 34 heavy (non-hydrogen) atoms. The standard InChI is InChI=1S/C25H19F4N5/c1-15-31-32-23-30-22(19-14-17(26)7-8-21(19)34(15)23)33-13-3-5-18-16(4-2-6-20(18)33)9-10-24(11-12-24)25(27,28)29/h2,4,6-8,14H,3,5,11-13H2,1H3. The molecule has 5 nitrogen and oxygen atoms in total. The van der Waals surface area contributed by atoms with Crippen molar-refractivity contribution in [2.45, 2.75) is 38.8 Å². The van der Waals surface area contributed by atoms with E-state index in [1.165, 1.54) is 12.1 Å². The molecule has 1 aliphatic heterocycles. The summed E-state index contributed by atoms with van der Waals surface area (Å²) in [6, 6.07) is 9.96. The fraction of sp³-hybridized carbons (Fsp3) is 0.320. The number of alkyl halides is 3. The minimum Gasteiger partial charge on any atom is -0.325 e. The normalized spacial score (nSPS) is 16.9. The number of nitrogens with zero attached hydrogens (tertiary/aromatic N) is 5. The van der Waals surface area contributed by atoms with Crippen molar-refractivity contribution >= 4 is 28.2 Å². The van der Waals surface area contributed by atoms with Crippen LogP contribution in [0.3, 0.4) is 0 Å². The first-order valence-electron chi connectivity index (χ1n) is 11.1. The van der Waals surface area contributed by atoms with Crippen LogP contribution in [0.2, 0.25) is 0 Å². The second-order valence-corrected chi connectivity index (χ2v) is 8.87. The highest BCUT2D eigenvalue weighted by Crippen LogP contribution is 2.57. The van der Waals surface area contributed by atoms with Gasteiger partial charge in [0.15, 0.2) is 0 Å². The van der Waals surface area contributed by atoms with Gasteiger partial charge in [0.2, 0.25) is 0 Å². The first kappa shape index (κ1) is 20.9. The Morgan fingerprint density at radius 1 is 1.09 bits per heavy atom. The largest absolute Gasteiger partial charge is 0.405 e. The minimum absolute atomic E-state index is 0.0455. The lowest BCUT2D eigenvalue weighted by Crippen LogP contribution is -2.26. The summed E-state index contributed by atoms with van der Waals surface area (Å²) >= 11 is 0. The molecular weight excluding hydrogens is 446 g/mol. The SMILES string of the molecule is Cc1nnc2nc(N3CCCc4c(C#CC5(C(F)(F)F)CC5)cccc43)c3cc(F)ccc3n12. The van der Waals surface area contributed by atoms with E-state index in [0.29, 0.717) is 41.3 Å². The maximum absolute atomic E-state index is 14.3. The predicted molar refractivity (Wildman–Crippen MR) is 119 cm³/mol. The third kappa shape index (κ3) is 3.12. The van der Waals surface area contributed by atoms with E-state index in [4.69, 9.17) is 4.98 Å². The maximum Gasteiger partial charge on any atom is 0.405 e. The van der Waals surface area contributed by atoms with Gasteiger partial charge in [-0.1, -0.05) is 17.9 Å². The smallest absolute Gasteiger partial charge is 0.325 e. The Labute approximate surface area is 192 Å². The molecule has 0 N–H and O–H groups in total. The van der Waals surface area contributed by atoms with Gasteiger partial charge in [-0.3, -0.25) is 4.40 Å². The Morgan fingerprint density at radius 2 is 1.91 bits per heavy atom. The van der Waals surface area contributed by atoms with Gasteiger partial charge in [-0.15, -0.1) is 10.2 Å². The van der Waals surface area contributed by atoms with Crippen molar-refractivity contribution in [3.05, 3.63) is 59.2 Å². The number of fused-ring (bicyclic) bond motifs is 4. The number of aromatic nitrogens is 4. The second-order valence-electron chi connectivity index (χ2n) is 8.87. The number of rotatable bonds is 1. The number of hydrogen-bond acceptors (Lipinski definition) is 4. The molecule has 172 valence electrons. The van der Waals surface area contributed by atoms with Crippen LogP contribution in [0.15, 0.2) is 36.4 Å². The average Bonchev–Trinajstić information content (AvgIpc) is 3.53. The summed E-state index contributed by atoms with van der Waals surface area (Å²) in [5.74, 6) is 6.53. The molecule has 0 amide bonds. The van der Waals surface area contributed by atoms with Crippen molar-refractivity contribution in [2.75, 3.05) is 11.4 Å². The maximum atomic E-state index is 14.3. The Kier molecular flexibility index (Phi) is 4.40. The molecule has 0 radical (unpaired) electrons. The van der Waals surface area contributed by atoms with Crippen molar-refractivity contribution in [3.8, 4) is 11.8 Å². The molecule has 9 heteroatoms. The lowest BCUT2D eigenvalue weighted by Gasteiger charge is -2.32. The highest BCUT2D eigenvalue weighted by Gasteiger charge is 2.62. The van der Waals surface area contributed by atoms with Crippen LogP contribution in [0, 0.1) is 30.0 Å². The number of halogens is 4. The average molecular weight is 465 g/mol. The summed E-state index contributed by atoms with van der Waals surface area (Å²) in [6.45, 7) is 2.43. The fourth-order valence-corrected chi connectivity index (χ4v) is 4.70. The third-order valence-electron chi connectivity index (χ3n) is 6.69. The topological polar surface area (TPSA) is 46.3 Å². The zero-order chi connectivity index (χ0) is 23.7. The Balaban J connectivity index is 1.51. The molecule has 1 saturated carbocycles. The highest BCUT2D eigenvalue weighted by atomic mass is 19.4. The van der Waals surface area contributed by atoms with E-state index >= 15 is 0 Å². The Bertz CT molecular complexity index is 1520. The fourth-order valence-electron chi connectivity index (χ4n) is 4.70. The van der Waals surface area contributed by atoms with E-state index in [0.717, 1.165) is 23.2 Å². The van der Waals surface area contributed by atoms with Crippen molar-refractivity contribution < 1.29 is 17.6 Å². The first-order chi connectivity index (χ1) is 16.3. The van der Waals surface area contributed by atoms with E-state index < -0.39 is 11.6 Å². The lowest BCUT2D eigenvalue weighted by molar-refractivity contribution is -0.168. The van der Waals surface area contributed by atoms with E-state index in [1.807, 2.05) is 11.0 Å². The van der Waals surface area contributed by atoms with Crippen LogP contribution in [0.25, 0.3) is 16.7 Å². The van der Waals surface area contributed by atoms with Gasteiger partial charge in [0.25, 0.3) is 5.78 Å². The Hall–Kier alpha value is -3.67. The number of benzene rings is 2. The molecule has 0 spiro atoms. The van der Waals surface area contributed by atoms with Gasteiger partial charge in [-0.2, -0.15) is 18.2 Å². The van der Waals surface area contributed by atoms with Crippen molar-refractivity contribution in [1.29, 1.82) is 0 Å². The number of aryl methyl sites for hydroxylation is 1. The minimum atomic E-state index is -4.32. The van der Waals surface area contributed by atoms with Gasteiger partial charge in [-0.25, -0.2) is 4.39 Å². The van der Waals surface area contributed by atoms with Crippen LogP contribution >= 0.6 is 0 Å². The molecule has 2 aliphatic rings. The van der Waals surface area contributed by atoms with Crippen molar-refractivity contribution in [1.82, 2.24) is 19.6 Å². The van der Waals surface area contributed by atoms with Gasteiger partial charge in [0.1, 0.15) is 22.9 Å². The molecule has 0 unspecified atom stereocenters. The molecule has 4 aromatic rings. The lowest BCUT2D eigenvalue weighted by atomic mass is 9.95. The molecule has 1 aliphatic carbocycles. The monoisotopic (exact) mass is 465 g/mol. The van der Waals surface area contributed by atoms with Gasteiger partial charge >= 0.3 is 6.18 Å². The van der Waals surface area contributed by atoms with Crippen LogP contribution in [-0.2, 0) is 6.42 Å². The van der Waals surface area contributed by atoms with Crippen molar-refractivity contribution in [3.63, 3.8) is 0 Å². The van der Waals surface area contributed by atoms with Crippen LogP contribution in [0.4, 0.5) is 29.1 Å².